The number of aromatic nitrogens is 2. The summed E-state index contributed by atoms with van der Waals surface area (Å²) in [6, 6.07) is 30.4. The fraction of sp³-hybridized carbons (Fsp3) is 0.348. The fourth-order valence-electron chi connectivity index (χ4n) is 8.08. The second kappa shape index (κ2) is 18.6. The topological polar surface area (TPSA) is 89.2 Å². The van der Waals surface area contributed by atoms with Crippen molar-refractivity contribution in [3.05, 3.63) is 130 Å². The van der Waals surface area contributed by atoms with E-state index in [1.807, 2.05) is 79.3 Å². The number of carbonyl (C=O) groups is 2. The van der Waals surface area contributed by atoms with Crippen LogP contribution in [-0.2, 0) is 32.1 Å². The van der Waals surface area contributed by atoms with Crippen molar-refractivity contribution in [3.63, 3.8) is 0 Å². The number of aryl methyl sites for hydroxylation is 2. The Balaban J connectivity index is 0.000000174. The molecule has 11 heteroatoms. The standard InChI is InChI=1S/C23H23ClN2O3.C23H27ClN2O2/c1-25-19-8-4-3-7-18(19)21(22(27)23(28)26-13-5-2-6-14-26)20(25)15-29-17-11-9-16(24)10-12-17;1-25-20-8-4-3-7-19(20)23(22(27)15-26-13-5-2-6-14-26)21(25)16-28-18-11-9-17(24)10-12-18/h3-4,7-12H,2,5-6,13-15H2,1H3;3-4,7-12,22,27H,2,5-6,13-16H2,1H3. The number of rotatable bonds is 11. The maximum Gasteiger partial charge on any atom is 0.295 e. The summed E-state index contributed by atoms with van der Waals surface area (Å²) in [6.07, 6.45) is 6.19. The number of carbonyl (C=O) groups excluding carboxylic acids is 2. The maximum absolute atomic E-state index is 13.3. The van der Waals surface area contributed by atoms with Crippen LogP contribution in [0.15, 0.2) is 97.1 Å². The molecule has 2 saturated heterocycles. The molecule has 0 aliphatic carbocycles. The highest BCUT2D eigenvalue weighted by molar-refractivity contribution is 6.45. The van der Waals surface area contributed by atoms with Gasteiger partial charge in [-0.15, -0.1) is 0 Å². The first-order valence-electron chi connectivity index (χ1n) is 19.8. The lowest BCUT2D eigenvalue weighted by Crippen LogP contribution is -2.40. The van der Waals surface area contributed by atoms with Gasteiger partial charge in [0.2, 0.25) is 0 Å². The largest absolute Gasteiger partial charge is 0.487 e. The summed E-state index contributed by atoms with van der Waals surface area (Å²) < 4.78 is 16.0. The molecule has 0 spiro atoms. The van der Waals surface area contributed by atoms with Gasteiger partial charge in [0.15, 0.2) is 0 Å². The van der Waals surface area contributed by atoms with E-state index in [1.165, 1.54) is 19.3 Å². The van der Waals surface area contributed by atoms with Crippen LogP contribution in [0.25, 0.3) is 21.8 Å². The second-order valence-electron chi connectivity index (χ2n) is 14.9. The lowest BCUT2D eigenvalue weighted by molar-refractivity contribution is -0.127. The van der Waals surface area contributed by atoms with Crippen molar-refractivity contribution in [2.75, 3.05) is 32.7 Å². The number of amides is 1. The van der Waals surface area contributed by atoms with E-state index in [0.717, 1.165) is 71.2 Å². The molecule has 6 aromatic rings. The van der Waals surface area contributed by atoms with Crippen molar-refractivity contribution in [2.24, 2.45) is 14.1 Å². The maximum atomic E-state index is 13.3. The average Bonchev–Trinajstić information content (AvgIpc) is 3.70. The molecule has 2 aliphatic rings. The molecule has 9 nitrogen and oxygen atoms in total. The third-order valence-corrected chi connectivity index (χ3v) is 11.7. The Morgan fingerprint density at radius 3 is 1.68 bits per heavy atom. The molecule has 4 aromatic carbocycles. The molecule has 298 valence electrons. The third-order valence-electron chi connectivity index (χ3n) is 11.2. The van der Waals surface area contributed by atoms with Crippen LogP contribution in [0.2, 0.25) is 10.0 Å². The highest BCUT2D eigenvalue weighted by Crippen LogP contribution is 2.33. The van der Waals surface area contributed by atoms with Crippen molar-refractivity contribution in [2.45, 2.75) is 57.8 Å². The average molecular weight is 810 g/mol. The van der Waals surface area contributed by atoms with E-state index in [0.29, 0.717) is 53.3 Å². The van der Waals surface area contributed by atoms with Gasteiger partial charge in [-0.05, 0) is 106 Å². The van der Waals surface area contributed by atoms with Crippen LogP contribution in [-0.4, -0.2) is 68.5 Å². The zero-order valence-electron chi connectivity index (χ0n) is 32.6. The zero-order chi connectivity index (χ0) is 39.9. The summed E-state index contributed by atoms with van der Waals surface area (Å²) in [5.41, 5.74) is 5.14. The number of piperidine rings is 2. The van der Waals surface area contributed by atoms with Gasteiger partial charge in [-0.25, -0.2) is 0 Å². The number of β-amino-alcohol motifs (C(OH)–C–C–N with tert-alkyl or cyclic N) is 1. The number of aliphatic hydroxyl groups is 1. The van der Waals surface area contributed by atoms with E-state index in [9.17, 15) is 14.7 Å². The lowest BCUT2D eigenvalue weighted by atomic mass is 10.0. The smallest absolute Gasteiger partial charge is 0.295 e. The molecular weight excluding hydrogens is 759 g/mol. The number of ether oxygens (including phenoxy) is 2. The molecule has 0 saturated carbocycles. The summed E-state index contributed by atoms with van der Waals surface area (Å²) in [4.78, 5) is 30.3. The number of Topliss-reactive ketones (excluding diaryl/α,β-unsaturated/α-hetero) is 1. The van der Waals surface area contributed by atoms with E-state index < -0.39 is 17.8 Å². The SMILES string of the molecule is Cn1c(COc2ccc(Cl)cc2)c(C(=O)C(=O)N2CCCCC2)c2ccccc21.Cn1c(COc2ccc(Cl)cc2)c(C(O)CN2CCCCC2)c2ccccc21. The molecule has 2 fully saturated rings. The number of hydrogen-bond donors (Lipinski definition) is 1. The van der Waals surface area contributed by atoms with Crippen LogP contribution in [0.4, 0.5) is 0 Å². The lowest BCUT2D eigenvalue weighted by Gasteiger charge is -2.28. The molecule has 4 heterocycles. The van der Waals surface area contributed by atoms with Gasteiger partial charge >= 0.3 is 0 Å². The van der Waals surface area contributed by atoms with Gasteiger partial charge in [0.05, 0.1) is 23.1 Å². The summed E-state index contributed by atoms with van der Waals surface area (Å²) in [6.45, 7) is 4.68. The Kier molecular flexibility index (Phi) is 13.2. The third kappa shape index (κ3) is 9.34. The van der Waals surface area contributed by atoms with Gasteiger partial charge in [-0.2, -0.15) is 0 Å². The van der Waals surface area contributed by atoms with Gasteiger partial charge < -0.3 is 33.5 Å². The van der Waals surface area contributed by atoms with Crippen molar-refractivity contribution in [1.82, 2.24) is 18.9 Å². The normalized spacial score (nSPS) is 15.3. The van der Waals surface area contributed by atoms with E-state index in [1.54, 1.807) is 29.2 Å². The number of likely N-dealkylation sites (tertiary alicyclic amines) is 2. The molecule has 2 aromatic heterocycles. The number of hydrogen-bond acceptors (Lipinski definition) is 6. The molecular formula is C46H50Cl2N4O5. The van der Waals surface area contributed by atoms with Crippen molar-refractivity contribution in [1.29, 1.82) is 0 Å². The van der Waals surface area contributed by atoms with Crippen LogP contribution in [0.5, 0.6) is 11.5 Å². The zero-order valence-corrected chi connectivity index (χ0v) is 34.1. The summed E-state index contributed by atoms with van der Waals surface area (Å²) in [5.74, 6) is 0.541. The highest BCUT2D eigenvalue weighted by Gasteiger charge is 2.30. The number of benzene rings is 4. The van der Waals surface area contributed by atoms with Crippen LogP contribution in [0.3, 0.4) is 0 Å². The highest BCUT2D eigenvalue weighted by atomic mass is 35.5. The van der Waals surface area contributed by atoms with E-state index in [-0.39, 0.29) is 6.61 Å². The quantitative estimate of drug-likeness (QED) is 0.104. The van der Waals surface area contributed by atoms with E-state index in [4.69, 9.17) is 32.7 Å². The number of nitrogens with zero attached hydrogens (tertiary/aromatic N) is 4. The van der Waals surface area contributed by atoms with Gasteiger partial charge in [0.1, 0.15) is 24.7 Å². The van der Waals surface area contributed by atoms with Crippen LogP contribution >= 0.6 is 23.2 Å². The molecule has 57 heavy (non-hydrogen) atoms. The molecule has 1 amide bonds. The van der Waals surface area contributed by atoms with Crippen molar-refractivity contribution < 1.29 is 24.2 Å². The van der Waals surface area contributed by atoms with Gasteiger partial charge in [0, 0.05) is 71.1 Å². The number of aliphatic hydroxyl groups excluding tert-OH is 1. The predicted octanol–water partition coefficient (Wildman–Crippen LogP) is 9.54. The van der Waals surface area contributed by atoms with Crippen LogP contribution < -0.4 is 9.47 Å². The number of halogens is 2. The van der Waals surface area contributed by atoms with Crippen LogP contribution in [0, 0.1) is 0 Å². The first kappa shape index (κ1) is 40.4. The Hall–Kier alpha value is -4.80. The number of para-hydroxylation sites is 2. The van der Waals surface area contributed by atoms with Crippen molar-refractivity contribution >= 4 is 56.7 Å². The summed E-state index contributed by atoms with van der Waals surface area (Å²) in [5, 5.41) is 14.4. The van der Waals surface area contributed by atoms with E-state index >= 15 is 0 Å². The van der Waals surface area contributed by atoms with Gasteiger partial charge in [-0.3, -0.25) is 9.59 Å². The predicted molar refractivity (Wildman–Crippen MR) is 227 cm³/mol. The molecule has 8 rings (SSSR count). The molecule has 0 bridgehead atoms. The minimum Gasteiger partial charge on any atom is -0.487 e. The fourth-order valence-corrected chi connectivity index (χ4v) is 8.33. The Morgan fingerprint density at radius 1 is 0.632 bits per heavy atom. The van der Waals surface area contributed by atoms with Gasteiger partial charge in [0.25, 0.3) is 11.7 Å². The molecule has 0 radical (unpaired) electrons. The molecule has 1 N–H and O–H groups in total. The molecule has 1 unspecified atom stereocenters. The second-order valence-corrected chi connectivity index (χ2v) is 15.8. The minimum absolute atomic E-state index is 0.182. The molecule has 2 aliphatic heterocycles. The first-order valence-corrected chi connectivity index (χ1v) is 20.6. The minimum atomic E-state index is -0.534. The first-order chi connectivity index (χ1) is 27.7. The van der Waals surface area contributed by atoms with Crippen molar-refractivity contribution in [3.8, 4) is 11.5 Å². The monoisotopic (exact) mass is 808 g/mol. The van der Waals surface area contributed by atoms with Gasteiger partial charge in [-0.1, -0.05) is 66.0 Å². The Morgan fingerprint density at radius 2 is 1.11 bits per heavy atom. The molecule has 1 atom stereocenters. The van der Waals surface area contributed by atoms with E-state index in [2.05, 4.69) is 21.6 Å². The Bertz CT molecular complexity index is 2310. The summed E-state index contributed by atoms with van der Waals surface area (Å²) in [7, 11) is 3.94. The Labute approximate surface area is 344 Å². The number of ketones is 1. The van der Waals surface area contributed by atoms with Crippen LogP contribution in [0.1, 0.15) is 71.9 Å². The summed E-state index contributed by atoms with van der Waals surface area (Å²) >= 11 is 11.9. The number of fused-ring (bicyclic) bond motifs is 2.